The van der Waals surface area contributed by atoms with E-state index in [9.17, 15) is 0 Å². The Bertz CT molecular complexity index is 518. The number of hydrogen-bond acceptors (Lipinski definition) is 3. The highest BCUT2D eigenvalue weighted by Gasteiger charge is 2.23. The number of aromatic nitrogens is 2. The van der Waals surface area contributed by atoms with Gasteiger partial charge in [0, 0.05) is 12.1 Å². The lowest BCUT2D eigenvalue weighted by atomic mass is 10.0. The molecular formula is C13H18ClN3O. The Kier molecular flexibility index (Phi) is 4.09. The second-order valence-electron chi connectivity index (χ2n) is 4.25. The van der Waals surface area contributed by atoms with E-state index in [-0.39, 0.29) is 6.04 Å². The average molecular weight is 268 g/mol. The van der Waals surface area contributed by atoms with Gasteiger partial charge in [-0.1, -0.05) is 18.5 Å². The number of furan rings is 1. The van der Waals surface area contributed by atoms with Gasteiger partial charge in [-0.25, -0.2) is 0 Å². The minimum Gasteiger partial charge on any atom is -0.469 e. The molecule has 0 radical (unpaired) electrons. The first-order valence-electron chi connectivity index (χ1n) is 6.11. The number of aryl methyl sites for hydroxylation is 2. The lowest BCUT2D eigenvalue weighted by Gasteiger charge is -2.18. The van der Waals surface area contributed by atoms with Gasteiger partial charge < -0.3 is 9.73 Å². The summed E-state index contributed by atoms with van der Waals surface area (Å²) in [6.45, 7) is 4.93. The van der Waals surface area contributed by atoms with Crippen molar-refractivity contribution in [3.63, 3.8) is 0 Å². The second-order valence-corrected chi connectivity index (χ2v) is 4.66. The number of nitrogens with zero attached hydrogens (tertiary/aromatic N) is 2. The summed E-state index contributed by atoms with van der Waals surface area (Å²) >= 11 is 6.27. The van der Waals surface area contributed by atoms with Gasteiger partial charge in [-0.15, -0.1) is 0 Å². The van der Waals surface area contributed by atoms with Gasteiger partial charge in [0.05, 0.1) is 29.2 Å². The minimum absolute atomic E-state index is 0.00491. The van der Waals surface area contributed by atoms with E-state index < -0.39 is 0 Å². The largest absolute Gasteiger partial charge is 0.469 e. The Hall–Kier alpha value is -1.26. The molecule has 98 valence electrons. The zero-order valence-corrected chi connectivity index (χ0v) is 11.7. The molecule has 0 spiro atoms. The lowest BCUT2D eigenvalue weighted by molar-refractivity contribution is 0.507. The number of rotatable bonds is 5. The molecule has 0 aliphatic carbocycles. The zero-order valence-electron chi connectivity index (χ0n) is 10.9. The van der Waals surface area contributed by atoms with Crippen molar-refractivity contribution in [2.75, 3.05) is 7.05 Å². The van der Waals surface area contributed by atoms with Crippen molar-refractivity contribution in [3.05, 3.63) is 40.6 Å². The van der Waals surface area contributed by atoms with Crippen LogP contribution in [-0.4, -0.2) is 16.8 Å². The van der Waals surface area contributed by atoms with E-state index in [0.717, 1.165) is 30.0 Å². The molecule has 0 aliphatic rings. The fraction of sp³-hybridized carbons (Fsp3) is 0.462. The fourth-order valence-corrected chi connectivity index (χ4v) is 2.43. The fourth-order valence-electron chi connectivity index (χ4n) is 2.18. The molecule has 0 fully saturated rings. The van der Waals surface area contributed by atoms with Crippen LogP contribution in [0.25, 0.3) is 0 Å². The number of nitrogens with one attached hydrogen (secondary N) is 1. The van der Waals surface area contributed by atoms with Gasteiger partial charge in [0.2, 0.25) is 0 Å². The number of halogens is 1. The first kappa shape index (κ1) is 13.2. The van der Waals surface area contributed by atoms with Crippen LogP contribution in [0.1, 0.15) is 36.4 Å². The van der Waals surface area contributed by atoms with E-state index >= 15 is 0 Å². The molecule has 0 saturated carbocycles. The molecular weight excluding hydrogens is 250 g/mol. The van der Waals surface area contributed by atoms with Crippen LogP contribution in [0.4, 0.5) is 0 Å². The maximum absolute atomic E-state index is 6.27. The molecule has 18 heavy (non-hydrogen) atoms. The van der Waals surface area contributed by atoms with Crippen molar-refractivity contribution in [3.8, 4) is 0 Å². The third-order valence-electron chi connectivity index (χ3n) is 3.04. The van der Waals surface area contributed by atoms with Crippen LogP contribution in [0.2, 0.25) is 5.02 Å². The van der Waals surface area contributed by atoms with Crippen molar-refractivity contribution in [1.29, 1.82) is 0 Å². The summed E-state index contributed by atoms with van der Waals surface area (Å²) in [5, 5.41) is 8.29. The maximum atomic E-state index is 6.27. The molecule has 0 saturated heterocycles. The quantitative estimate of drug-likeness (QED) is 0.905. The average Bonchev–Trinajstić information content (AvgIpc) is 2.91. The van der Waals surface area contributed by atoms with Gasteiger partial charge in [0.1, 0.15) is 5.76 Å². The molecule has 0 aromatic carbocycles. The number of hydrogen-bond donors (Lipinski definition) is 1. The molecule has 2 aromatic rings. The smallest absolute Gasteiger partial charge is 0.105 e. The van der Waals surface area contributed by atoms with Crippen molar-refractivity contribution < 1.29 is 4.42 Å². The van der Waals surface area contributed by atoms with E-state index in [1.165, 1.54) is 0 Å². The summed E-state index contributed by atoms with van der Waals surface area (Å²) < 4.78 is 7.33. The van der Waals surface area contributed by atoms with Crippen LogP contribution in [0, 0.1) is 6.92 Å². The first-order valence-corrected chi connectivity index (χ1v) is 6.49. The SMILES string of the molecule is CCCn1ncc(Cl)c1C(NC)c1ccoc1C. The molecule has 5 heteroatoms. The summed E-state index contributed by atoms with van der Waals surface area (Å²) in [5.41, 5.74) is 2.09. The van der Waals surface area contributed by atoms with E-state index in [2.05, 4.69) is 17.3 Å². The molecule has 0 aliphatic heterocycles. The second kappa shape index (κ2) is 5.59. The van der Waals surface area contributed by atoms with E-state index in [1.807, 2.05) is 24.7 Å². The van der Waals surface area contributed by atoms with E-state index in [4.69, 9.17) is 16.0 Å². The highest BCUT2D eigenvalue weighted by molar-refractivity contribution is 6.31. The monoisotopic (exact) mass is 267 g/mol. The Morgan fingerprint density at radius 2 is 2.33 bits per heavy atom. The molecule has 2 aromatic heterocycles. The van der Waals surface area contributed by atoms with Gasteiger partial charge in [-0.05, 0) is 26.5 Å². The maximum Gasteiger partial charge on any atom is 0.105 e. The summed E-state index contributed by atoms with van der Waals surface area (Å²) in [5.74, 6) is 0.898. The van der Waals surface area contributed by atoms with Gasteiger partial charge in [0.15, 0.2) is 0 Å². The summed E-state index contributed by atoms with van der Waals surface area (Å²) in [6.07, 6.45) is 4.42. The molecule has 0 amide bonds. The Morgan fingerprint density at radius 3 is 2.89 bits per heavy atom. The molecule has 1 atom stereocenters. The third-order valence-corrected chi connectivity index (χ3v) is 3.33. The van der Waals surface area contributed by atoms with Crippen molar-refractivity contribution in [1.82, 2.24) is 15.1 Å². The van der Waals surface area contributed by atoms with Crippen LogP contribution in [0.15, 0.2) is 22.9 Å². The zero-order chi connectivity index (χ0) is 13.1. The minimum atomic E-state index is 0.00491. The predicted molar refractivity (Wildman–Crippen MR) is 71.9 cm³/mol. The van der Waals surface area contributed by atoms with Crippen LogP contribution >= 0.6 is 11.6 Å². The van der Waals surface area contributed by atoms with E-state index in [1.54, 1.807) is 12.5 Å². The van der Waals surface area contributed by atoms with Gasteiger partial charge in [0.25, 0.3) is 0 Å². The standard InChI is InChI=1S/C13H18ClN3O/c1-4-6-17-13(11(14)8-16-17)12(15-3)10-5-7-18-9(10)2/h5,7-8,12,15H,4,6H2,1-3H3. The Morgan fingerprint density at radius 1 is 1.56 bits per heavy atom. The van der Waals surface area contributed by atoms with Crippen LogP contribution in [0.3, 0.4) is 0 Å². The molecule has 0 bridgehead atoms. The van der Waals surface area contributed by atoms with Gasteiger partial charge >= 0.3 is 0 Å². The topological polar surface area (TPSA) is 43.0 Å². The van der Waals surface area contributed by atoms with Crippen LogP contribution in [0.5, 0.6) is 0 Å². The van der Waals surface area contributed by atoms with Crippen molar-refractivity contribution >= 4 is 11.6 Å². The van der Waals surface area contributed by atoms with E-state index in [0.29, 0.717) is 5.02 Å². The third kappa shape index (κ3) is 2.31. The molecule has 4 nitrogen and oxygen atoms in total. The normalized spacial score (nSPS) is 12.9. The van der Waals surface area contributed by atoms with Gasteiger partial charge in [-0.3, -0.25) is 4.68 Å². The highest BCUT2D eigenvalue weighted by Crippen LogP contribution is 2.30. The molecule has 2 rings (SSSR count). The molecule has 1 unspecified atom stereocenters. The molecule has 1 N–H and O–H groups in total. The highest BCUT2D eigenvalue weighted by atomic mass is 35.5. The summed E-state index contributed by atoms with van der Waals surface area (Å²) in [6, 6.07) is 1.97. The van der Waals surface area contributed by atoms with Crippen LogP contribution in [-0.2, 0) is 6.54 Å². The summed E-state index contributed by atoms with van der Waals surface area (Å²) in [4.78, 5) is 0. The first-order chi connectivity index (χ1) is 8.69. The Labute approximate surface area is 112 Å². The summed E-state index contributed by atoms with van der Waals surface area (Å²) in [7, 11) is 1.91. The van der Waals surface area contributed by atoms with Crippen molar-refractivity contribution in [2.24, 2.45) is 0 Å². The predicted octanol–water partition coefficient (Wildman–Crippen LogP) is 3.16. The van der Waals surface area contributed by atoms with Gasteiger partial charge in [-0.2, -0.15) is 5.10 Å². The van der Waals surface area contributed by atoms with Crippen molar-refractivity contribution in [2.45, 2.75) is 32.9 Å². The lowest BCUT2D eigenvalue weighted by Crippen LogP contribution is -2.22. The molecule has 2 heterocycles. The Balaban J connectivity index is 2.45. The van der Waals surface area contributed by atoms with Crippen LogP contribution < -0.4 is 5.32 Å².